The van der Waals surface area contributed by atoms with Crippen LogP contribution in [-0.4, -0.2) is 38.0 Å². The van der Waals surface area contributed by atoms with Crippen molar-refractivity contribution in [3.05, 3.63) is 35.9 Å². The maximum Gasteiger partial charge on any atom is 0.407 e. The number of carbonyl (C=O) groups excluding carboxylic acids is 1. The van der Waals surface area contributed by atoms with Crippen molar-refractivity contribution >= 4 is 6.09 Å². The quantitative estimate of drug-likeness (QED) is 0.810. The molecule has 0 heterocycles. The molecule has 5 heteroatoms. The van der Waals surface area contributed by atoms with Crippen LogP contribution < -0.4 is 10.6 Å². The van der Waals surface area contributed by atoms with Crippen LogP contribution >= 0.6 is 0 Å². The first-order chi connectivity index (χ1) is 9.90. The van der Waals surface area contributed by atoms with E-state index in [-0.39, 0.29) is 6.04 Å². The van der Waals surface area contributed by atoms with E-state index >= 15 is 0 Å². The standard InChI is InChI=1S/C16H26N2O3/c1-16(2,3)21-15(19)18-11-14(12-20-4)17-10-13-8-6-5-7-9-13/h5-9,14,17H,10-12H2,1-4H3,(H,18,19)/t14-/m1/s1. The van der Waals surface area contributed by atoms with Crippen LogP contribution in [-0.2, 0) is 16.0 Å². The number of alkyl carbamates (subject to hydrolysis) is 1. The molecule has 0 spiro atoms. The number of ether oxygens (including phenoxy) is 2. The molecule has 1 aromatic rings. The van der Waals surface area contributed by atoms with Crippen molar-refractivity contribution in [3.63, 3.8) is 0 Å². The summed E-state index contributed by atoms with van der Waals surface area (Å²) in [5.74, 6) is 0. The van der Waals surface area contributed by atoms with E-state index in [9.17, 15) is 4.79 Å². The highest BCUT2D eigenvalue weighted by atomic mass is 16.6. The molecule has 0 saturated heterocycles. The van der Waals surface area contributed by atoms with E-state index < -0.39 is 11.7 Å². The van der Waals surface area contributed by atoms with Crippen molar-refractivity contribution in [2.24, 2.45) is 0 Å². The number of carbonyl (C=O) groups is 1. The normalized spacial score (nSPS) is 12.8. The third-order valence-electron chi connectivity index (χ3n) is 2.70. The van der Waals surface area contributed by atoms with E-state index in [0.29, 0.717) is 13.2 Å². The van der Waals surface area contributed by atoms with Gasteiger partial charge in [0.25, 0.3) is 0 Å². The molecule has 0 bridgehead atoms. The maximum absolute atomic E-state index is 11.6. The molecule has 0 aliphatic carbocycles. The van der Waals surface area contributed by atoms with Crippen molar-refractivity contribution < 1.29 is 14.3 Å². The zero-order valence-electron chi connectivity index (χ0n) is 13.3. The fraction of sp³-hybridized carbons (Fsp3) is 0.562. The average molecular weight is 294 g/mol. The molecule has 118 valence electrons. The molecule has 1 aromatic carbocycles. The lowest BCUT2D eigenvalue weighted by molar-refractivity contribution is 0.0514. The number of methoxy groups -OCH3 is 1. The van der Waals surface area contributed by atoms with Crippen molar-refractivity contribution in [2.45, 2.75) is 39.0 Å². The van der Waals surface area contributed by atoms with Gasteiger partial charge in [0.15, 0.2) is 0 Å². The lowest BCUT2D eigenvalue weighted by atomic mass is 10.2. The molecule has 0 saturated carbocycles. The number of rotatable bonds is 7. The van der Waals surface area contributed by atoms with Crippen LogP contribution in [0.5, 0.6) is 0 Å². The number of nitrogens with one attached hydrogen (secondary N) is 2. The van der Waals surface area contributed by atoms with Gasteiger partial charge in [-0.3, -0.25) is 0 Å². The van der Waals surface area contributed by atoms with E-state index in [1.807, 2.05) is 39.0 Å². The van der Waals surface area contributed by atoms with Crippen molar-refractivity contribution in [2.75, 3.05) is 20.3 Å². The maximum atomic E-state index is 11.6. The second kappa shape index (κ2) is 8.64. The highest BCUT2D eigenvalue weighted by Gasteiger charge is 2.17. The summed E-state index contributed by atoms with van der Waals surface area (Å²) in [5, 5.41) is 6.12. The Morgan fingerprint density at radius 1 is 1.24 bits per heavy atom. The number of amides is 1. The fourth-order valence-corrected chi connectivity index (χ4v) is 1.77. The predicted molar refractivity (Wildman–Crippen MR) is 83.2 cm³/mol. The summed E-state index contributed by atoms with van der Waals surface area (Å²) in [7, 11) is 1.64. The molecule has 0 aromatic heterocycles. The van der Waals surface area contributed by atoms with Gasteiger partial charge in [0, 0.05) is 26.2 Å². The van der Waals surface area contributed by atoms with Crippen LogP contribution in [0.4, 0.5) is 4.79 Å². The summed E-state index contributed by atoms with van der Waals surface area (Å²) in [6.07, 6.45) is -0.412. The van der Waals surface area contributed by atoms with Gasteiger partial charge < -0.3 is 20.1 Å². The van der Waals surface area contributed by atoms with Crippen molar-refractivity contribution in [3.8, 4) is 0 Å². The van der Waals surface area contributed by atoms with E-state index in [2.05, 4.69) is 22.8 Å². The van der Waals surface area contributed by atoms with Crippen molar-refractivity contribution in [1.29, 1.82) is 0 Å². The predicted octanol–water partition coefficient (Wildman–Crippen LogP) is 2.32. The Morgan fingerprint density at radius 3 is 2.48 bits per heavy atom. The highest BCUT2D eigenvalue weighted by Crippen LogP contribution is 2.06. The third-order valence-corrected chi connectivity index (χ3v) is 2.70. The molecule has 21 heavy (non-hydrogen) atoms. The minimum absolute atomic E-state index is 0.0303. The van der Waals surface area contributed by atoms with Crippen LogP contribution in [0.2, 0.25) is 0 Å². The molecule has 5 nitrogen and oxygen atoms in total. The molecule has 1 amide bonds. The molecule has 0 aliphatic rings. The van der Waals surface area contributed by atoms with E-state index in [4.69, 9.17) is 9.47 Å². The van der Waals surface area contributed by atoms with Crippen LogP contribution in [0.1, 0.15) is 26.3 Å². The molecular formula is C16H26N2O3. The Bertz CT molecular complexity index is 415. The molecule has 0 fully saturated rings. The number of benzene rings is 1. The van der Waals surface area contributed by atoms with Gasteiger partial charge in [0.1, 0.15) is 5.60 Å². The van der Waals surface area contributed by atoms with E-state index in [1.165, 1.54) is 5.56 Å². The SMILES string of the molecule is COC[C@@H](CNC(=O)OC(C)(C)C)NCc1ccccc1. The van der Waals surface area contributed by atoms with Crippen LogP contribution in [0.15, 0.2) is 30.3 Å². The second-order valence-electron chi connectivity index (χ2n) is 5.90. The Kier molecular flexibility index (Phi) is 7.19. The van der Waals surface area contributed by atoms with Gasteiger partial charge >= 0.3 is 6.09 Å². The average Bonchev–Trinajstić information content (AvgIpc) is 2.41. The second-order valence-corrected chi connectivity index (χ2v) is 5.90. The largest absolute Gasteiger partial charge is 0.444 e. The summed E-state index contributed by atoms with van der Waals surface area (Å²) < 4.78 is 10.4. The van der Waals surface area contributed by atoms with E-state index in [1.54, 1.807) is 7.11 Å². The first-order valence-electron chi connectivity index (χ1n) is 7.14. The minimum atomic E-state index is -0.488. The lowest BCUT2D eigenvalue weighted by Gasteiger charge is -2.22. The van der Waals surface area contributed by atoms with Gasteiger partial charge in [-0.05, 0) is 26.3 Å². The smallest absolute Gasteiger partial charge is 0.407 e. The molecule has 2 N–H and O–H groups in total. The number of hydrogen-bond donors (Lipinski definition) is 2. The van der Waals surface area contributed by atoms with Crippen LogP contribution in [0, 0.1) is 0 Å². The van der Waals surface area contributed by atoms with Gasteiger partial charge in [-0.25, -0.2) is 4.79 Å². The number of hydrogen-bond acceptors (Lipinski definition) is 4. The van der Waals surface area contributed by atoms with Crippen LogP contribution in [0.25, 0.3) is 0 Å². The van der Waals surface area contributed by atoms with Gasteiger partial charge in [-0.1, -0.05) is 30.3 Å². The Morgan fingerprint density at radius 2 is 1.90 bits per heavy atom. The van der Waals surface area contributed by atoms with Gasteiger partial charge in [-0.15, -0.1) is 0 Å². The van der Waals surface area contributed by atoms with Gasteiger partial charge in [0.2, 0.25) is 0 Å². The van der Waals surface area contributed by atoms with Crippen LogP contribution in [0.3, 0.4) is 0 Å². The molecular weight excluding hydrogens is 268 g/mol. The van der Waals surface area contributed by atoms with Gasteiger partial charge in [0.05, 0.1) is 6.61 Å². The zero-order valence-corrected chi connectivity index (χ0v) is 13.3. The Hall–Kier alpha value is -1.59. The van der Waals surface area contributed by atoms with Gasteiger partial charge in [-0.2, -0.15) is 0 Å². The first kappa shape index (κ1) is 17.5. The summed E-state index contributed by atoms with van der Waals surface area (Å²) in [4.78, 5) is 11.6. The summed E-state index contributed by atoms with van der Waals surface area (Å²) >= 11 is 0. The summed E-state index contributed by atoms with van der Waals surface area (Å²) in [6, 6.07) is 10.1. The van der Waals surface area contributed by atoms with Crippen molar-refractivity contribution in [1.82, 2.24) is 10.6 Å². The monoisotopic (exact) mass is 294 g/mol. The first-order valence-corrected chi connectivity index (χ1v) is 7.14. The Balaban J connectivity index is 2.37. The zero-order chi connectivity index (χ0) is 15.7. The summed E-state index contributed by atoms with van der Waals surface area (Å²) in [6.45, 7) is 7.22. The van der Waals surface area contributed by atoms with E-state index in [0.717, 1.165) is 6.54 Å². The lowest BCUT2D eigenvalue weighted by Crippen LogP contribution is -2.44. The fourth-order valence-electron chi connectivity index (χ4n) is 1.77. The molecule has 0 aliphatic heterocycles. The Labute approximate surface area is 127 Å². The molecule has 1 atom stereocenters. The summed E-state index contributed by atoms with van der Waals surface area (Å²) in [5.41, 5.74) is 0.703. The third kappa shape index (κ3) is 8.32. The highest BCUT2D eigenvalue weighted by molar-refractivity contribution is 5.67. The molecule has 0 radical (unpaired) electrons. The molecule has 0 unspecified atom stereocenters. The minimum Gasteiger partial charge on any atom is -0.444 e. The topological polar surface area (TPSA) is 59.6 Å². The molecule has 1 rings (SSSR count).